The smallest absolute Gasteiger partial charge is 0.116 e. The topological polar surface area (TPSA) is 25.8 Å². The van der Waals surface area contributed by atoms with E-state index in [1.807, 2.05) is 11.3 Å². The Labute approximate surface area is 262 Å². The van der Waals surface area contributed by atoms with Gasteiger partial charge in [0.2, 0.25) is 0 Å². The zero-order valence-electron chi connectivity index (χ0n) is 23.6. The fraction of sp³-hybridized carbons (Fsp3) is 0. The van der Waals surface area contributed by atoms with Gasteiger partial charge in [-0.15, -0.1) is 22.7 Å². The minimum Gasteiger partial charge on any atom is -0.235 e. The number of thiophene rings is 2. The second-order valence-electron chi connectivity index (χ2n) is 11.0. The number of benzene rings is 6. The summed E-state index contributed by atoms with van der Waals surface area (Å²) in [6, 6.07) is 50.4. The van der Waals surface area contributed by atoms with Crippen LogP contribution in [0.15, 0.2) is 146 Å². The van der Waals surface area contributed by atoms with Crippen molar-refractivity contribution in [3.63, 3.8) is 0 Å². The van der Waals surface area contributed by atoms with Gasteiger partial charge in [-0.2, -0.15) is 0 Å². The third-order valence-electron chi connectivity index (χ3n) is 8.40. The summed E-state index contributed by atoms with van der Waals surface area (Å²) >= 11 is 3.62. The first kappa shape index (κ1) is 25.3. The lowest BCUT2D eigenvalue weighted by molar-refractivity contribution is 1.24. The standard InChI is InChI=1S/C40H24N2S2/c1-2-8-25(9-3-1)29-16-18-36-33(22-29)34-23-30(17-19-37(34)43-36)27-11-6-10-26(20-27)28-12-7-13-31(21-28)38-40-39(42-24-41-38)32-14-4-5-15-35(32)44-40/h1-24H. The number of hydrogen-bond donors (Lipinski definition) is 0. The van der Waals surface area contributed by atoms with E-state index >= 15 is 0 Å². The van der Waals surface area contributed by atoms with Gasteiger partial charge in [0.25, 0.3) is 0 Å². The van der Waals surface area contributed by atoms with Gasteiger partial charge in [0.05, 0.1) is 15.9 Å². The molecule has 206 valence electrons. The lowest BCUT2D eigenvalue weighted by atomic mass is 9.96. The highest BCUT2D eigenvalue weighted by Gasteiger charge is 2.14. The van der Waals surface area contributed by atoms with Gasteiger partial charge < -0.3 is 0 Å². The highest BCUT2D eigenvalue weighted by atomic mass is 32.1. The maximum atomic E-state index is 4.75. The van der Waals surface area contributed by atoms with Gasteiger partial charge >= 0.3 is 0 Å². The Balaban J connectivity index is 1.12. The molecule has 0 aliphatic heterocycles. The molecule has 0 bridgehead atoms. The van der Waals surface area contributed by atoms with Crippen LogP contribution in [0, 0.1) is 0 Å². The molecule has 0 unspecified atom stereocenters. The zero-order valence-corrected chi connectivity index (χ0v) is 25.2. The summed E-state index contributed by atoms with van der Waals surface area (Å²) in [4.78, 5) is 9.38. The van der Waals surface area contributed by atoms with Crippen LogP contribution in [0.25, 0.3) is 85.1 Å². The second-order valence-corrected chi connectivity index (χ2v) is 13.2. The van der Waals surface area contributed by atoms with E-state index in [2.05, 4.69) is 145 Å². The molecule has 4 heteroatoms. The van der Waals surface area contributed by atoms with Crippen molar-refractivity contribution in [3.05, 3.63) is 146 Å². The van der Waals surface area contributed by atoms with Crippen molar-refractivity contribution in [1.82, 2.24) is 9.97 Å². The van der Waals surface area contributed by atoms with Gasteiger partial charge in [-0.3, -0.25) is 0 Å². The van der Waals surface area contributed by atoms with Gasteiger partial charge in [-0.1, -0.05) is 97.1 Å². The SMILES string of the molecule is c1ccc(-c2ccc3sc4ccc(-c5cccc(-c6cccc(-c7ncnc8c7sc7ccccc78)c6)c5)cc4c3c2)cc1. The van der Waals surface area contributed by atoms with Gasteiger partial charge in [0.1, 0.15) is 6.33 Å². The zero-order chi connectivity index (χ0) is 29.0. The van der Waals surface area contributed by atoms with Crippen LogP contribution in [-0.2, 0) is 0 Å². The van der Waals surface area contributed by atoms with E-state index in [1.54, 1.807) is 17.7 Å². The van der Waals surface area contributed by atoms with E-state index in [1.165, 1.54) is 63.6 Å². The summed E-state index contributed by atoms with van der Waals surface area (Å²) in [6.45, 7) is 0. The average molecular weight is 597 g/mol. The van der Waals surface area contributed by atoms with Crippen molar-refractivity contribution in [3.8, 4) is 44.6 Å². The van der Waals surface area contributed by atoms with Crippen molar-refractivity contribution in [2.24, 2.45) is 0 Å². The first-order chi connectivity index (χ1) is 21.8. The molecule has 9 aromatic rings. The largest absolute Gasteiger partial charge is 0.235 e. The molecule has 3 aromatic heterocycles. The van der Waals surface area contributed by atoms with Gasteiger partial charge in [-0.25, -0.2) is 9.97 Å². The van der Waals surface area contributed by atoms with Crippen LogP contribution >= 0.6 is 22.7 Å². The Morgan fingerprint density at radius 1 is 0.364 bits per heavy atom. The minimum absolute atomic E-state index is 0.985. The van der Waals surface area contributed by atoms with E-state index in [-0.39, 0.29) is 0 Å². The summed E-state index contributed by atoms with van der Waals surface area (Å²) in [6.07, 6.45) is 1.69. The van der Waals surface area contributed by atoms with E-state index in [9.17, 15) is 0 Å². The maximum Gasteiger partial charge on any atom is 0.116 e. The van der Waals surface area contributed by atoms with Crippen molar-refractivity contribution in [1.29, 1.82) is 0 Å². The molecule has 6 aromatic carbocycles. The quantitative estimate of drug-likeness (QED) is 0.202. The Hall–Kier alpha value is -5.16. The fourth-order valence-corrected chi connectivity index (χ4v) is 8.46. The molecule has 0 radical (unpaired) electrons. The van der Waals surface area contributed by atoms with Crippen LogP contribution in [0.3, 0.4) is 0 Å². The summed E-state index contributed by atoms with van der Waals surface area (Å²) in [5.41, 5.74) is 10.4. The predicted octanol–water partition coefficient (Wildman–Crippen LogP) is 11.9. The minimum atomic E-state index is 0.985. The molecule has 44 heavy (non-hydrogen) atoms. The van der Waals surface area contributed by atoms with Crippen molar-refractivity contribution >= 4 is 63.1 Å². The van der Waals surface area contributed by atoms with Gasteiger partial charge in [0, 0.05) is 35.8 Å². The summed E-state index contributed by atoms with van der Waals surface area (Å²) in [5, 5.41) is 3.81. The van der Waals surface area contributed by atoms with Gasteiger partial charge in [-0.05, 0) is 75.8 Å². The Kier molecular flexibility index (Phi) is 5.90. The lowest BCUT2D eigenvalue weighted by Crippen LogP contribution is -1.87. The fourth-order valence-electron chi connectivity index (χ4n) is 6.22. The Morgan fingerprint density at radius 3 is 1.64 bits per heavy atom. The van der Waals surface area contributed by atoms with E-state index < -0.39 is 0 Å². The molecule has 0 atom stereocenters. The van der Waals surface area contributed by atoms with Crippen molar-refractivity contribution in [2.45, 2.75) is 0 Å². The third kappa shape index (κ3) is 4.22. The molecule has 0 fully saturated rings. The molecule has 2 nitrogen and oxygen atoms in total. The van der Waals surface area contributed by atoms with E-state index in [0.717, 1.165) is 21.5 Å². The highest BCUT2D eigenvalue weighted by Crippen LogP contribution is 2.40. The monoisotopic (exact) mass is 596 g/mol. The highest BCUT2D eigenvalue weighted by molar-refractivity contribution is 7.26. The molecule has 0 saturated carbocycles. The normalized spacial score (nSPS) is 11.6. The first-order valence-corrected chi connectivity index (χ1v) is 16.3. The number of hydrogen-bond acceptors (Lipinski definition) is 4. The van der Waals surface area contributed by atoms with Crippen molar-refractivity contribution < 1.29 is 0 Å². The lowest BCUT2D eigenvalue weighted by Gasteiger charge is -2.09. The molecular weight excluding hydrogens is 573 g/mol. The Morgan fingerprint density at radius 2 is 0.909 bits per heavy atom. The maximum absolute atomic E-state index is 4.75. The molecule has 0 spiro atoms. The summed E-state index contributed by atoms with van der Waals surface area (Å²) < 4.78 is 5.00. The number of rotatable bonds is 4. The van der Waals surface area contributed by atoms with E-state index in [4.69, 9.17) is 4.98 Å². The molecule has 0 N–H and O–H groups in total. The third-order valence-corrected chi connectivity index (χ3v) is 10.7. The van der Waals surface area contributed by atoms with Crippen LogP contribution in [0.1, 0.15) is 0 Å². The first-order valence-electron chi connectivity index (χ1n) is 14.6. The van der Waals surface area contributed by atoms with E-state index in [0.29, 0.717) is 0 Å². The predicted molar refractivity (Wildman–Crippen MR) is 190 cm³/mol. The molecule has 0 aliphatic carbocycles. The molecular formula is C40H24N2S2. The van der Waals surface area contributed by atoms with Crippen LogP contribution in [0.4, 0.5) is 0 Å². The van der Waals surface area contributed by atoms with Crippen LogP contribution in [0.5, 0.6) is 0 Å². The second kappa shape index (κ2) is 10.2. The van der Waals surface area contributed by atoms with Gasteiger partial charge in [0.15, 0.2) is 0 Å². The molecule has 3 heterocycles. The van der Waals surface area contributed by atoms with Crippen LogP contribution < -0.4 is 0 Å². The van der Waals surface area contributed by atoms with Crippen LogP contribution in [-0.4, -0.2) is 9.97 Å². The number of nitrogens with zero attached hydrogens (tertiary/aromatic N) is 2. The molecule has 0 saturated heterocycles. The number of fused-ring (bicyclic) bond motifs is 6. The number of aromatic nitrogens is 2. The molecule has 9 rings (SSSR count). The molecule has 0 aliphatic rings. The average Bonchev–Trinajstić information content (AvgIpc) is 3.66. The van der Waals surface area contributed by atoms with Crippen LogP contribution in [0.2, 0.25) is 0 Å². The summed E-state index contributed by atoms with van der Waals surface area (Å²) in [5.74, 6) is 0. The van der Waals surface area contributed by atoms with Crippen molar-refractivity contribution in [2.75, 3.05) is 0 Å². The summed E-state index contributed by atoms with van der Waals surface area (Å²) in [7, 11) is 0. The molecule has 0 amide bonds. The Bertz CT molecular complexity index is 2510.